The number of aromatic nitrogens is 8. The summed E-state index contributed by atoms with van der Waals surface area (Å²) in [5.74, 6) is -1.07. The molecule has 22 heteroatoms. The van der Waals surface area contributed by atoms with Crippen molar-refractivity contribution in [2.24, 2.45) is 5.92 Å². The summed E-state index contributed by atoms with van der Waals surface area (Å²) in [6, 6.07) is 0. The molecule has 0 aliphatic carbocycles. The maximum absolute atomic E-state index is 15.9. The molecule has 0 saturated carbocycles. The Morgan fingerprint density at radius 3 is 2.60 bits per heavy atom. The summed E-state index contributed by atoms with van der Waals surface area (Å²) < 4.78 is 62.7. The van der Waals surface area contributed by atoms with Crippen LogP contribution in [0.15, 0.2) is 28.6 Å². The van der Waals surface area contributed by atoms with Gasteiger partial charge in [0.2, 0.25) is 5.95 Å². The molecule has 2 bridgehead atoms. The number of nitrogens with one attached hydrogen (secondary N) is 2. The van der Waals surface area contributed by atoms with E-state index < -0.39 is 82.5 Å². The van der Waals surface area contributed by atoms with Crippen LogP contribution in [0.2, 0.25) is 0 Å². The molecule has 17 nitrogen and oxygen atoms in total. The van der Waals surface area contributed by atoms with Gasteiger partial charge in [0.15, 0.2) is 53.4 Å². The van der Waals surface area contributed by atoms with Crippen LogP contribution in [-0.4, -0.2) is 87.5 Å². The number of halogens is 2. The lowest BCUT2D eigenvalue weighted by atomic mass is 10.0. The molecule has 4 aromatic rings. The molecule has 0 spiro atoms. The number of nitrogens with two attached hydrogens (primary N) is 1. The Bertz CT molecular complexity index is 1840. The molecule has 7 rings (SSSR count). The van der Waals surface area contributed by atoms with Gasteiger partial charge in [-0.25, -0.2) is 23.7 Å². The van der Waals surface area contributed by atoms with Gasteiger partial charge in [0.05, 0.1) is 31.7 Å². The molecule has 3 unspecified atom stereocenters. The van der Waals surface area contributed by atoms with E-state index in [1.54, 1.807) is 0 Å². The highest BCUT2D eigenvalue weighted by Crippen LogP contribution is 2.53. The predicted octanol–water partition coefficient (Wildman–Crippen LogP) is 0.122. The topological polar surface area (TPSA) is 220 Å². The zero-order valence-corrected chi connectivity index (χ0v) is 23.7. The number of H-pyrrole nitrogens is 2. The Morgan fingerprint density at radius 1 is 1.07 bits per heavy atom. The Hall–Kier alpha value is -2.80. The summed E-state index contributed by atoms with van der Waals surface area (Å²) in [4.78, 5) is 56.1. The van der Waals surface area contributed by atoms with E-state index in [0.717, 1.165) is 6.33 Å². The van der Waals surface area contributed by atoms with Crippen LogP contribution in [0.3, 0.4) is 0 Å². The number of nitrogens with zero attached hydrogens (tertiary/aromatic N) is 6. The second kappa shape index (κ2) is 10.4. The number of hydrogen-bond donors (Lipinski definition) is 4. The average Bonchev–Trinajstić information content (AvgIpc) is 3.69. The maximum Gasteiger partial charge on any atom is 0.325 e. The lowest BCUT2D eigenvalue weighted by molar-refractivity contribution is -0.109. The van der Waals surface area contributed by atoms with Crippen molar-refractivity contribution in [1.29, 1.82) is 0 Å². The van der Waals surface area contributed by atoms with E-state index in [-0.39, 0.29) is 34.4 Å². The molecule has 0 radical (unpaired) electrons. The number of fused-ring (bicyclic) bond motifs is 5. The molecular formula is C20H21F2N9O8P2S. The third-order valence-electron chi connectivity index (χ3n) is 7.14. The van der Waals surface area contributed by atoms with Crippen LogP contribution in [0.1, 0.15) is 12.5 Å². The minimum absolute atomic E-state index is 0.00443. The molecule has 7 heterocycles. The molecule has 0 aromatic carbocycles. The van der Waals surface area contributed by atoms with Crippen LogP contribution in [0, 0.1) is 5.92 Å². The second-order valence-electron chi connectivity index (χ2n) is 9.64. The number of imidazole rings is 2. The van der Waals surface area contributed by atoms with Crippen molar-refractivity contribution < 1.29 is 36.7 Å². The quantitative estimate of drug-likeness (QED) is 0.213. The van der Waals surface area contributed by atoms with Crippen LogP contribution >= 0.6 is 15.5 Å². The van der Waals surface area contributed by atoms with Crippen LogP contribution in [0.25, 0.3) is 22.3 Å². The van der Waals surface area contributed by atoms with Crippen LogP contribution in [0.4, 0.5) is 14.7 Å². The predicted molar refractivity (Wildman–Crippen MR) is 143 cm³/mol. The van der Waals surface area contributed by atoms with E-state index in [4.69, 9.17) is 40.6 Å². The van der Waals surface area contributed by atoms with Crippen molar-refractivity contribution in [3.63, 3.8) is 0 Å². The summed E-state index contributed by atoms with van der Waals surface area (Å²) in [5, 5.41) is 0. The zero-order valence-electron chi connectivity index (χ0n) is 20.9. The summed E-state index contributed by atoms with van der Waals surface area (Å²) >= 11 is 5.17. The lowest BCUT2D eigenvalue weighted by Gasteiger charge is -2.27. The normalized spacial score (nSPS) is 36.3. The van der Waals surface area contributed by atoms with E-state index >= 15 is 8.78 Å². The number of nitrogen functional groups attached to an aromatic ring is 1. The number of aromatic amines is 2. The average molecular weight is 647 g/mol. The van der Waals surface area contributed by atoms with E-state index in [0.29, 0.717) is 0 Å². The van der Waals surface area contributed by atoms with Gasteiger partial charge in [0.1, 0.15) is 6.10 Å². The molecule has 42 heavy (non-hydrogen) atoms. The van der Waals surface area contributed by atoms with Crippen molar-refractivity contribution in [3.8, 4) is 0 Å². The first-order valence-electron chi connectivity index (χ1n) is 12.4. The first-order valence-corrected chi connectivity index (χ1v) is 16.1. The monoisotopic (exact) mass is 647 g/mol. The number of hydrogen-bond acceptors (Lipinski definition) is 13. The molecule has 3 fully saturated rings. The maximum atomic E-state index is 15.9. The highest BCUT2D eigenvalue weighted by Gasteiger charge is 2.52. The van der Waals surface area contributed by atoms with Crippen LogP contribution in [0.5, 0.6) is 0 Å². The summed E-state index contributed by atoms with van der Waals surface area (Å²) in [5.41, 5.74) is 4.54. The molecule has 224 valence electrons. The van der Waals surface area contributed by atoms with Gasteiger partial charge in [-0.15, -0.1) is 0 Å². The molecule has 3 saturated heterocycles. The first kappa shape index (κ1) is 28.0. The Morgan fingerprint density at radius 2 is 1.81 bits per heavy atom. The van der Waals surface area contributed by atoms with Gasteiger partial charge in [-0.1, -0.05) is 0 Å². The smallest absolute Gasteiger partial charge is 0.325 e. The number of anilines is 1. The molecule has 4 aromatic heterocycles. The SMILES string of the molecule is Nc1nc2c(ncn2[C@@H]2OC3OPC[C@H]4[C@H](F)[C@H](n5cnc6c(=O)[nH]cnc65)O[C@@H]4COP(O)(=S)O[C@@H]2[C@@H]3F)c(=O)[nH]1. The number of ether oxygens (including phenoxy) is 2. The molecule has 3 aliphatic heterocycles. The Kier molecular flexibility index (Phi) is 6.95. The third-order valence-corrected chi connectivity index (χ3v) is 9.74. The van der Waals surface area contributed by atoms with Crippen LogP contribution < -0.4 is 16.9 Å². The first-order chi connectivity index (χ1) is 20.1. The van der Waals surface area contributed by atoms with Crippen molar-refractivity contribution >= 4 is 55.6 Å². The lowest BCUT2D eigenvalue weighted by Crippen LogP contribution is -2.33. The van der Waals surface area contributed by atoms with Gasteiger partial charge in [0, 0.05) is 14.7 Å². The van der Waals surface area contributed by atoms with Crippen molar-refractivity contribution in [3.05, 3.63) is 39.7 Å². The van der Waals surface area contributed by atoms with Gasteiger partial charge in [-0.2, -0.15) is 4.98 Å². The van der Waals surface area contributed by atoms with E-state index in [1.807, 2.05) is 0 Å². The molecule has 0 amide bonds. The van der Waals surface area contributed by atoms with E-state index in [2.05, 4.69) is 29.9 Å². The van der Waals surface area contributed by atoms with E-state index in [1.165, 1.54) is 21.8 Å². The van der Waals surface area contributed by atoms with Crippen molar-refractivity contribution in [2.45, 2.75) is 43.3 Å². The number of rotatable bonds is 2. The highest BCUT2D eigenvalue weighted by atomic mass is 32.5. The standard InChI is InChI=1S/C20H21F2N9O8P2S/c21-8-6-2-40-38-19-9(22)12(18(37-19)31-5-27-11-14(31)28-20(23)29-16(11)33)39-41(34,42)35-1-7(6)36-17(8)30-4-26-10-13(30)24-3-25-15(10)32/h3-9,12,17-19,40H,1-2H2,(H,34,42)(H,24,25,32)(H3,23,28,29,33)/t6-,7-,8+,9+,12-,17-,18-,19?,41?/m1/s1. The summed E-state index contributed by atoms with van der Waals surface area (Å²) in [7, 11) is -0.458. The van der Waals surface area contributed by atoms with Crippen molar-refractivity contribution in [1.82, 2.24) is 39.0 Å². The summed E-state index contributed by atoms with van der Waals surface area (Å²) in [6.07, 6.45) is -6.60. The molecule has 10 atom stereocenters. The number of alkyl halides is 2. The highest BCUT2D eigenvalue weighted by molar-refractivity contribution is 8.07. The van der Waals surface area contributed by atoms with Gasteiger partial charge in [-0.05, 0) is 18.0 Å². The minimum Gasteiger partial charge on any atom is -0.369 e. The second-order valence-corrected chi connectivity index (χ2v) is 13.4. The molecular weight excluding hydrogens is 626 g/mol. The van der Waals surface area contributed by atoms with Gasteiger partial charge < -0.3 is 34.1 Å². The van der Waals surface area contributed by atoms with Crippen molar-refractivity contribution in [2.75, 3.05) is 18.5 Å². The fourth-order valence-electron chi connectivity index (χ4n) is 5.18. The molecule has 5 N–H and O–H groups in total. The molecule has 3 aliphatic rings. The van der Waals surface area contributed by atoms with E-state index in [9.17, 15) is 14.5 Å². The largest absolute Gasteiger partial charge is 0.369 e. The van der Waals surface area contributed by atoms with Gasteiger partial charge >= 0.3 is 6.72 Å². The fourth-order valence-corrected chi connectivity index (χ4v) is 7.71. The van der Waals surface area contributed by atoms with Crippen LogP contribution in [-0.2, 0) is 34.9 Å². The Balaban J connectivity index is 1.17. The third kappa shape index (κ3) is 4.67. The fraction of sp³-hybridized carbons (Fsp3) is 0.500. The summed E-state index contributed by atoms with van der Waals surface area (Å²) in [6.45, 7) is -4.60. The van der Waals surface area contributed by atoms with Gasteiger partial charge in [0.25, 0.3) is 11.1 Å². The Labute approximate surface area is 238 Å². The van der Waals surface area contributed by atoms with Gasteiger partial charge in [-0.3, -0.25) is 28.2 Å². The minimum atomic E-state index is -4.20. The zero-order chi connectivity index (χ0) is 29.3.